The second-order valence-electron chi connectivity index (χ2n) is 6.09. The molecule has 0 heterocycles. The van der Waals surface area contributed by atoms with E-state index in [0.29, 0.717) is 15.4 Å². The molecule has 7 heteroatoms. The highest BCUT2D eigenvalue weighted by atomic mass is 35.5. The standard InChI is InChI=1S/C18H19ClFNO3S/c1-11(2)13-6-5-7-14(17(13)20)15-10-12(8-9-16(15)19)18(22)21(3)25(4,23)24/h5-11H,1-4H3. The van der Waals surface area contributed by atoms with Crippen LogP contribution in [0.3, 0.4) is 0 Å². The molecular formula is C18H19ClFNO3S. The van der Waals surface area contributed by atoms with E-state index in [1.807, 2.05) is 13.8 Å². The highest BCUT2D eigenvalue weighted by Gasteiger charge is 2.22. The van der Waals surface area contributed by atoms with Crippen molar-refractivity contribution < 1.29 is 17.6 Å². The van der Waals surface area contributed by atoms with Crippen molar-refractivity contribution in [2.24, 2.45) is 0 Å². The minimum atomic E-state index is -3.69. The van der Waals surface area contributed by atoms with Gasteiger partial charge in [0, 0.05) is 28.8 Å². The van der Waals surface area contributed by atoms with Gasteiger partial charge in [-0.1, -0.05) is 43.6 Å². The Hall–Kier alpha value is -1.92. The number of nitrogens with zero attached hydrogens (tertiary/aromatic N) is 1. The average molecular weight is 384 g/mol. The van der Waals surface area contributed by atoms with Crippen molar-refractivity contribution in [3.63, 3.8) is 0 Å². The lowest BCUT2D eigenvalue weighted by Gasteiger charge is -2.16. The van der Waals surface area contributed by atoms with E-state index in [4.69, 9.17) is 11.6 Å². The maximum atomic E-state index is 14.8. The average Bonchev–Trinajstić information content (AvgIpc) is 2.53. The Morgan fingerprint density at radius 2 is 1.80 bits per heavy atom. The van der Waals surface area contributed by atoms with Crippen molar-refractivity contribution in [2.75, 3.05) is 13.3 Å². The Labute approximate surface area is 152 Å². The zero-order chi connectivity index (χ0) is 18.9. The molecular weight excluding hydrogens is 365 g/mol. The minimum Gasteiger partial charge on any atom is -0.268 e. The van der Waals surface area contributed by atoms with Gasteiger partial charge in [-0.15, -0.1) is 0 Å². The third kappa shape index (κ3) is 4.02. The van der Waals surface area contributed by atoms with Gasteiger partial charge in [0.15, 0.2) is 0 Å². The summed E-state index contributed by atoms with van der Waals surface area (Å²) in [6.07, 6.45) is 0.938. The molecule has 2 rings (SSSR count). The molecule has 0 unspecified atom stereocenters. The first-order valence-corrected chi connectivity index (χ1v) is 9.83. The number of hydrogen-bond acceptors (Lipinski definition) is 3. The molecule has 0 aliphatic heterocycles. The van der Waals surface area contributed by atoms with E-state index in [-0.39, 0.29) is 22.1 Å². The zero-order valence-electron chi connectivity index (χ0n) is 14.4. The number of rotatable bonds is 4. The molecule has 0 fully saturated rings. The molecule has 2 aromatic rings. The molecule has 134 valence electrons. The number of carbonyl (C=O) groups is 1. The lowest BCUT2D eigenvalue weighted by Crippen LogP contribution is -2.32. The van der Waals surface area contributed by atoms with Gasteiger partial charge in [0.05, 0.1) is 6.26 Å². The second kappa shape index (κ2) is 7.14. The highest BCUT2D eigenvalue weighted by Crippen LogP contribution is 2.34. The summed E-state index contributed by atoms with van der Waals surface area (Å²) < 4.78 is 38.6. The van der Waals surface area contributed by atoms with Crippen LogP contribution >= 0.6 is 11.6 Å². The number of hydrogen-bond donors (Lipinski definition) is 0. The summed E-state index contributed by atoms with van der Waals surface area (Å²) in [5.41, 5.74) is 1.27. The normalized spacial score (nSPS) is 11.6. The van der Waals surface area contributed by atoms with E-state index < -0.39 is 21.7 Å². The van der Waals surface area contributed by atoms with Crippen LogP contribution in [0.25, 0.3) is 11.1 Å². The van der Waals surface area contributed by atoms with Crippen LogP contribution in [0.5, 0.6) is 0 Å². The minimum absolute atomic E-state index is 0.0140. The van der Waals surface area contributed by atoms with Crippen molar-refractivity contribution in [3.8, 4) is 11.1 Å². The molecule has 25 heavy (non-hydrogen) atoms. The van der Waals surface area contributed by atoms with E-state index in [1.165, 1.54) is 25.2 Å². The summed E-state index contributed by atoms with van der Waals surface area (Å²) in [5.74, 6) is -1.12. The maximum Gasteiger partial charge on any atom is 0.267 e. The molecule has 2 aromatic carbocycles. The molecule has 0 saturated carbocycles. The highest BCUT2D eigenvalue weighted by molar-refractivity contribution is 7.88. The molecule has 0 spiro atoms. The quantitative estimate of drug-likeness (QED) is 0.790. The zero-order valence-corrected chi connectivity index (χ0v) is 16.0. The smallest absolute Gasteiger partial charge is 0.267 e. The SMILES string of the molecule is CC(C)c1cccc(-c2cc(C(=O)N(C)S(C)(=O)=O)ccc2Cl)c1F. The van der Waals surface area contributed by atoms with Crippen LogP contribution < -0.4 is 0 Å². The fourth-order valence-corrected chi connectivity index (χ4v) is 3.03. The van der Waals surface area contributed by atoms with Gasteiger partial charge in [-0.05, 0) is 29.7 Å². The van der Waals surface area contributed by atoms with Gasteiger partial charge in [0.2, 0.25) is 10.0 Å². The van der Waals surface area contributed by atoms with E-state index in [1.54, 1.807) is 18.2 Å². The first kappa shape index (κ1) is 19.4. The fourth-order valence-electron chi connectivity index (χ4n) is 2.40. The Morgan fingerprint density at radius 3 is 2.36 bits per heavy atom. The van der Waals surface area contributed by atoms with Gasteiger partial charge in [-0.25, -0.2) is 17.1 Å². The molecule has 0 N–H and O–H groups in total. The molecule has 0 radical (unpaired) electrons. The number of carbonyl (C=O) groups excluding carboxylic acids is 1. The largest absolute Gasteiger partial charge is 0.268 e. The lowest BCUT2D eigenvalue weighted by atomic mass is 9.95. The summed E-state index contributed by atoms with van der Waals surface area (Å²) in [4.78, 5) is 12.4. The Kier molecular flexibility index (Phi) is 5.54. The molecule has 0 aromatic heterocycles. The van der Waals surface area contributed by atoms with Gasteiger partial charge < -0.3 is 0 Å². The molecule has 0 saturated heterocycles. The van der Waals surface area contributed by atoms with Gasteiger partial charge in [0.25, 0.3) is 5.91 Å². The van der Waals surface area contributed by atoms with Crippen LogP contribution in [0.2, 0.25) is 5.02 Å². The molecule has 4 nitrogen and oxygen atoms in total. The van der Waals surface area contributed by atoms with Gasteiger partial charge in [-0.3, -0.25) is 4.79 Å². The van der Waals surface area contributed by atoms with Crippen LogP contribution in [0.4, 0.5) is 4.39 Å². The number of halogens is 2. The number of amides is 1. The third-order valence-electron chi connectivity index (χ3n) is 3.94. The van der Waals surface area contributed by atoms with E-state index in [2.05, 4.69) is 0 Å². The van der Waals surface area contributed by atoms with E-state index in [0.717, 1.165) is 6.26 Å². The van der Waals surface area contributed by atoms with Crippen LogP contribution in [0.1, 0.15) is 35.7 Å². The summed E-state index contributed by atoms with van der Waals surface area (Å²) in [6, 6.07) is 9.29. The van der Waals surface area contributed by atoms with E-state index >= 15 is 0 Å². The Balaban J connectivity index is 2.59. The fraction of sp³-hybridized carbons (Fsp3) is 0.278. The van der Waals surface area contributed by atoms with Crippen LogP contribution in [-0.2, 0) is 10.0 Å². The monoisotopic (exact) mass is 383 g/mol. The molecule has 0 aliphatic rings. The van der Waals surface area contributed by atoms with Crippen LogP contribution in [0, 0.1) is 5.82 Å². The summed E-state index contributed by atoms with van der Waals surface area (Å²) in [5, 5.41) is 0.276. The number of benzene rings is 2. The second-order valence-corrected chi connectivity index (χ2v) is 8.51. The summed E-state index contributed by atoms with van der Waals surface area (Å²) >= 11 is 6.20. The van der Waals surface area contributed by atoms with Crippen LogP contribution in [-0.4, -0.2) is 31.9 Å². The first-order valence-electron chi connectivity index (χ1n) is 7.60. The molecule has 0 bridgehead atoms. The van der Waals surface area contributed by atoms with Crippen molar-refractivity contribution in [3.05, 3.63) is 58.4 Å². The van der Waals surface area contributed by atoms with Crippen molar-refractivity contribution in [1.82, 2.24) is 4.31 Å². The van der Waals surface area contributed by atoms with Crippen molar-refractivity contribution in [1.29, 1.82) is 0 Å². The summed E-state index contributed by atoms with van der Waals surface area (Å²) in [6.45, 7) is 3.76. The lowest BCUT2D eigenvalue weighted by molar-refractivity contribution is 0.0884. The van der Waals surface area contributed by atoms with Crippen molar-refractivity contribution >= 4 is 27.5 Å². The maximum absolute atomic E-state index is 14.8. The predicted molar refractivity (Wildman–Crippen MR) is 97.9 cm³/mol. The van der Waals surface area contributed by atoms with Gasteiger partial charge in [-0.2, -0.15) is 0 Å². The summed E-state index contributed by atoms with van der Waals surface area (Å²) in [7, 11) is -2.51. The van der Waals surface area contributed by atoms with Crippen LogP contribution in [0.15, 0.2) is 36.4 Å². The molecule has 1 amide bonds. The number of sulfonamides is 1. The molecule has 0 atom stereocenters. The van der Waals surface area contributed by atoms with E-state index in [9.17, 15) is 17.6 Å². The predicted octanol–water partition coefficient (Wildman–Crippen LogP) is 4.30. The van der Waals surface area contributed by atoms with Gasteiger partial charge in [0.1, 0.15) is 5.82 Å². The first-order chi connectivity index (χ1) is 11.5. The Bertz CT molecular complexity index is 926. The van der Waals surface area contributed by atoms with Gasteiger partial charge >= 0.3 is 0 Å². The van der Waals surface area contributed by atoms with Crippen molar-refractivity contribution in [2.45, 2.75) is 19.8 Å². The topological polar surface area (TPSA) is 54.5 Å². The Morgan fingerprint density at radius 1 is 1.16 bits per heavy atom. The molecule has 0 aliphatic carbocycles. The third-order valence-corrected chi connectivity index (χ3v) is 5.43.